The number of carbonyl (C=O) groups excluding carboxylic acids is 1. The predicted octanol–water partition coefficient (Wildman–Crippen LogP) is 3.04. The van der Waals surface area contributed by atoms with Crippen molar-refractivity contribution in [3.8, 4) is 11.5 Å². The van der Waals surface area contributed by atoms with Crippen molar-refractivity contribution in [3.05, 3.63) is 46.3 Å². The lowest BCUT2D eigenvalue weighted by atomic mass is 10.2. The van der Waals surface area contributed by atoms with E-state index in [1.54, 1.807) is 36.2 Å². The van der Waals surface area contributed by atoms with Gasteiger partial charge in [0.15, 0.2) is 11.5 Å². The van der Waals surface area contributed by atoms with Gasteiger partial charge in [0.2, 0.25) is 12.7 Å². The van der Waals surface area contributed by atoms with Gasteiger partial charge in [-0.15, -0.1) is 0 Å². The molecule has 0 radical (unpaired) electrons. The molecule has 2 aromatic rings. The first-order valence-corrected chi connectivity index (χ1v) is 7.35. The van der Waals surface area contributed by atoms with Crippen LogP contribution in [0.25, 0.3) is 6.08 Å². The standard InChI is InChI=1S/C16H15ClN2O4/c1-10-5-12(18-23-10)8-19(2)15(20)4-3-11-6-13(17)16-14(7-11)21-9-22-16/h3-7H,8-9H2,1-2H3. The largest absolute Gasteiger partial charge is 0.454 e. The first-order chi connectivity index (χ1) is 11.0. The maximum absolute atomic E-state index is 12.1. The minimum absolute atomic E-state index is 0.153. The van der Waals surface area contributed by atoms with E-state index in [1.807, 2.05) is 6.92 Å². The van der Waals surface area contributed by atoms with E-state index in [4.69, 9.17) is 25.6 Å². The Bertz CT molecular complexity index is 769. The zero-order valence-corrected chi connectivity index (χ0v) is 13.5. The monoisotopic (exact) mass is 334 g/mol. The van der Waals surface area contributed by atoms with Gasteiger partial charge in [-0.1, -0.05) is 16.8 Å². The summed E-state index contributed by atoms with van der Waals surface area (Å²) in [6.45, 7) is 2.34. The van der Waals surface area contributed by atoms with Gasteiger partial charge in [0.1, 0.15) is 11.5 Å². The van der Waals surface area contributed by atoms with Crippen molar-refractivity contribution in [1.29, 1.82) is 0 Å². The van der Waals surface area contributed by atoms with Crippen molar-refractivity contribution in [2.45, 2.75) is 13.5 Å². The summed E-state index contributed by atoms with van der Waals surface area (Å²) in [5, 5.41) is 4.32. The van der Waals surface area contributed by atoms with Crippen LogP contribution in [0.5, 0.6) is 11.5 Å². The van der Waals surface area contributed by atoms with E-state index < -0.39 is 0 Å². The second-order valence-electron chi connectivity index (χ2n) is 5.19. The molecule has 0 spiro atoms. The number of amides is 1. The maximum atomic E-state index is 12.1. The fourth-order valence-corrected chi connectivity index (χ4v) is 2.47. The fourth-order valence-electron chi connectivity index (χ4n) is 2.19. The summed E-state index contributed by atoms with van der Waals surface area (Å²) in [6.07, 6.45) is 3.15. The number of rotatable bonds is 4. The minimum atomic E-state index is -0.153. The molecule has 0 bridgehead atoms. The molecule has 6 nitrogen and oxygen atoms in total. The molecule has 0 unspecified atom stereocenters. The summed E-state index contributed by atoms with van der Waals surface area (Å²) < 4.78 is 15.5. The van der Waals surface area contributed by atoms with E-state index in [1.165, 1.54) is 6.08 Å². The molecule has 0 aliphatic carbocycles. The van der Waals surface area contributed by atoms with Crippen molar-refractivity contribution in [3.63, 3.8) is 0 Å². The van der Waals surface area contributed by atoms with Gasteiger partial charge in [-0.25, -0.2) is 0 Å². The zero-order valence-electron chi connectivity index (χ0n) is 12.7. The number of carbonyl (C=O) groups is 1. The number of ether oxygens (including phenoxy) is 2. The summed E-state index contributed by atoms with van der Waals surface area (Å²) in [6, 6.07) is 5.30. The van der Waals surface area contributed by atoms with E-state index in [-0.39, 0.29) is 12.7 Å². The average molecular weight is 335 g/mol. The van der Waals surface area contributed by atoms with E-state index in [9.17, 15) is 4.79 Å². The highest BCUT2D eigenvalue weighted by molar-refractivity contribution is 6.32. The lowest BCUT2D eigenvalue weighted by Gasteiger charge is -2.12. The smallest absolute Gasteiger partial charge is 0.246 e. The molecule has 1 aromatic carbocycles. The highest BCUT2D eigenvalue weighted by Gasteiger charge is 2.17. The molecule has 23 heavy (non-hydrogen) atoms. The molecule has 120 valence electrons. The normalized spacial score (nSPS) is 12.8. The molecule has 0 N–H and O–H groups in total. The van der Waals surface area contributed by atoms with Crippen LogP contribution >= 0.6 is 11.6 Å². The molecular formula is C16H15ClN2O4. The maximum Gasteiger partial charge on any atom is 0.246 e. The Morgan fingerprint density at radius 1 is 1.39 bits per heavy atom. The highest BCUT2D eigenvalue weighted by Crippen LogP contribution is 2.40. The first kappa shape index (κ1) is 15.4. The molecule has 3 rings (SSSR count). The topological polar surface area (TPSA) is 64.8 Å². The summed E-state index contributed by atoms with van der Waals surface area (Å²) in [7, 11) is 1.70. The number of likely N-dealkylation sites (N-methyl/N-ethyl adjacent to an activating group) is 1. The van der Waals surface area contributed by atoms with Gasteiger partial charge in [-0.2, -0.15) is 0 Å². The molecular weight excluding hydrogens is 320 g/mol. The van der Waals surface area contributed by atoms with Crippen molar-refractivity contribution >= 4 is 23.6 Å². The number of halogens is 1. The molecule has 0 saturated carbocycles. The minimum Gasteiger partial charge on any atom is -0.454 e. The third kappa shape index (κ3) is 3.48. The van der Waals surface area contributed by atoms with Crippen LogP contribution in [0.1, 0.15) is 17.0 Å². The Balaban J connectivity index is 1.67. The Morgan fingerprint density at radius 3 is 2.96 bits per heavy atom. The Kier molecular flexibility index (Phi) is 4.25. The zero-order chi connectivity index (χ0) is 16.4. The quantitative estimate of drug-likeness (QED) is 0.804. The van der Waals surface area contributed by atoms with E-state index >= 15 is 0 Å². The summed E-state index contributed by atoms with van der Waals surface area (Å²) >= 11 is 6.11. The van der Waals surface area contributed by atoms with Gasteiger partial charge in [0.05, 0.1) is 11.6 Å². The van der Waals surface area contributed by atoms with E-state index in [2.05, 4.69) is 5.16 Å². The van der Waals surface area contributed by atoms with E-state index in [0.717, 1.165) is 5.56 Å². The number of nitrogens with zero attached hydrogens (tertiary/aromatic N) is 2. The molecule has 1 amide bonds. The molecule has 2 heterocycles. The number of hydrogen-bond acceptors (Lipinski definition) is 5. The molecule has 0 saturated heterocycles. The van der Waals surface area contributed by atoms with E-state index in [0.29, 0.717) is 34.5 Å². The summed E-state index contributed by atoms with van der Waals surface area (Å²) in [5.41, 5.74) is 1.47. The van der Waals surface area contributed by atoms with Crippen LogP contribution in [0.3, 0.4) is 0 Å². The highest BCUT2D eigenvalue weighted by atomic mass is 35.5. The number of benzene rings is 1. The Labute approximate surface area is 138 Å². The molecule has 7 heteroatoms. The number of fused-ring (bicyclic) bond motifs is 1. The van der Waals surface area contributed by atoms with Crippen molar-refractivity contribution in [2.24, 2.45) is 0 Å². The van der Waals surface area contributed by atoms with Crippen LogP contribution in [0, 0.1) is 6.92 Å². The first-order valence-electron chi connectivity index (χ1n) is 6.97. The molecule has 0 atom stereocenters. The Morgan fingerprint density at radius 2 is 2.22 bits per heavy atom. The van der Waals surface area contributed by atoms with Gasteiger partial charge in [-0.3, -0.25) is 4.79 Å². The second kappa shape index (κ2) is 6.34. The molecule has 1 aliphatic rings. The van der Waals surface area contributed by atoms with Crippen LogP contribution in [0.4, 0.5) is 0 Å². The van der Waals surface area contributed by atoms with Crippen molar-refractivity contribution < 1.29 is 18.8 Å². The van der Waals surface area contributed by atoms with Gasteiger partial charge in [-0.05, 0) is 30.7 Å². The SMILES string of the molecule is Cc1cc(CN(C)C(=O)C=Cc2cc(Cl)c3c(c2)OCO3)no1. The van der Waals surface area contributed by atoms with Gasteiger partial charge < -0.3 is 18.9 Å². The van der Waals surface area contributed by atoms with Gasteiger partial charge in [0, 0.05) is 19.2 Å². The van der Waals surface area contributed by atoms with Crippen molar-refractivity contribution in [2.75, 3.05) is 13.8 Å². The third-order valence-corrected chi connectivity index (χ3v) is 3.60. The van der Waals surface area contributed by atoms with Crippen molar-refractivity contribution in [1.82, 2.24) is 10.1 Å². The van der Waals surface area contributed by atoms with Gasteiger partial charge in [0.25, 0.3) is 0 Å². The van der Waals surface area contributed by atoms with Crippen LogP contribution in [0.2, 0.25) is 5.02 Å². The predicted molar refractivity (Wildman–Crippen MR) is 84.3 cm³/mol. The number of hydrogen-bond donors (Lipinski definition) is 0. The molecule has 0 fully saturated rings. The number of aromatic nitrogens is 1. The lowest BCUT2D eigenvalue weighted by molar-refractivity contribution is -0.125. The summed E-state index contributed by atoms with van der Waals surface area (Å²) in [5.74, 6) is 1.68. The van der Waals surface area contributed by atoms with Crippen LogP contribution in [-0.4, -0.2) is 29.8 Å². The lowest BCUT2D eigenvalue weighted by Crippen LogP contribution is -2.24. The van der Waals surface area contributed by atoms with Crippen LogP contribution < -0.4 is 9.47 Å². The van der Waals surface area contributed by atoms with Gasteiger partial charge >= 0.3 is 0 Å². The third-order valence-electron chi connectivity index (χ3n) is 3.32. The summed E-state index contributed by atoms with van der Waals surface area (Å²) in [4.78, 5) is 13.7. The fraction of sp³-hybridized carbons (Fsp3) is 0.250. The molecule has 1 aromatic heterocycles. The Hall–Kier alpha value is -2.47. The molecule has 1 aliphatic heterocycles. The van der Waals surface area contributed by atoms with Crippen LogP contribution in [0.15, 0.2) is 28.8 Å². The second-order valence-corrected chi connectivity index (χ2v) is 5.60. The average Bonchev–Trinajstić information content (AvgIpc) is 3.14. The number of aryl methyl sites for hydroxylation is 1. The van der Waals surface area contributed by atoms with Crippen LogP contribution in [-0.2, 0) is 11.3 Å².